The van der Waals surface area contributed by atoms with Crippen molar-refractivity contribution in [3.63, 3.8) is 0 Å². The smallest absolute Gasteiger partial charge is 0.214 e. The maximum absolute atomic E-state index is 12.6. The minimum absolute atomic E-state index is 0.144. The molecule has 0 aromatic carbocycles. The number of hydrogen-bond acceptors (Lipinski definition) is 4. The van der Waals surface area contributed by atoms with Crippen LogP contribution < -0.4 is 0 Å². The highest BCUT2D eigenvalue weighted by Gasteiger charge is 2.32. The number of aromatic nitrogens is 3. The van der Waals surface area contributed by atoms with Gasteiger partial charge in [-0.1, -0.05) is 20.3 Å². The summed E-state index contributed by atoms with van der Waals surface area (Å²) >= 11 is 0. The van der Waals surface area contributed by atoms with E-state index >= 15 is 0 Å². The van der Waals surface area contributed by atoms with Gasteiger partial charge < -0.3 is 4.57 Å². The quantitative estimate of drug-likeness (QED) is 0.804. The Balaban J connectivity index is 2.13. The van der Waals surface area contributed by atoms with E-state index in [4.69, 9.17) is 0 Å². The lowest BCUT2D eigenvalue weighted by Gasteiger charge is -2.32. The number of rotatable bonds is 6. The molecule has 1 fully saturated rings. The highest BCUT2D eigenvalue weighted by molar-refractivity contribution is 7.89. The van der Waals surface area contributed by atoms with Crippen molar-refractivity contribution < 1.29 is 8.42 Å². The molecule has 2 atom stereocenters. The van der Waals surface area contributed by atoms with E-state index in [0.29, 0.717) is 13.1 Å². The van der Waals surface area contributed by atoms with Crippen LogP contribution in [0.2, 0.25) is 0 Å². The maximum atomic E-state index is 12.6. The molecule has 0 bridgehead atoms. The Hall–Kier alpha value is -0.950. The van der Waals surface area contributed by atoms with Gasteiger partial charge in [-0.25, -0.2) is 12.7 Å². The van der Waals surface area contributed by atoms with Crippen molar-refractivity contribution in [2.24, 2.45) is 5.92 Å². The molecule has 0 radical (unpaired) electrons. The number of hydrogen-bond donors (Lipinski definition) is 0. The van der Waals surface area contributed by atoms with E-state index in [0.717, 1.165) is 25.1 Å². The van der Waals surface area contributed by atoms with Crippen LogP contribution in [-0.4, -0.2) is 46.3 Å². The summed E-state index contributed by atoms with van der Waals surface area (Å²) in [6.07, 6.45) is 4.49. The van der Waals surface area contributed by atoms with Gasteiger partial charge in [-0.15, -0.1) is 10.2 Å². The van der Waals surface area contributed by atoms with Crippen LogP contribution in [0.3, 0.4) is 0 Å². The average Bonchev–Trinajstić information content (AvgIpc) is 2.96. The minimum Gasteiger partial charge on any atom is -0.315 e. The highest BCUT2D eigenvalue weighted by atomic mass is 32.2. The molecule has 0 unspecified atom stereocenters. The second-order valence-electron chi connectivity index (χ2n) is 6.68. The molecule has 1 aromatic rings. The van der Waals surface area contributed by atoms with Gasteiger partial charge in [0, 0.05) is 25.0 Å². The fourth-order valence-corrected chi connectivity index (χ4v) is 4.91. The van der Waals surface area contributed by atoms with Gasteiger partial charge in [0.15, 0.2) is 0 Å². The summed E-state index contributed by atoms with van der Waals surface area (Å²) < 4.78 is 28.9. The molecule has 126 valence electrons. The fraction of sp³-hybridized carbons (Fsp3) is 0.867. The Morgan fingerprint density at radius 2 is 2.09 bits per heavy atom. The normalized spacial score (nSPS) is 22.1. The van der Waals surface area contributed by atoms with E-state index in [1.807, 2.05) is 13.8 Å². The maximum Gasteiger partial charge on any atom is 0.214 e. The topological polar surface area (TPSA) is 68.1 Å². The molecule has 2 heterocycles. The van der Waals surface area contributed by atoms with Crippen LogP contribution >= 0.6 is 0 Å². The van der Waals surface area contributed by atoms with Gasteiger partial charge in [0.2, 0.25) is 10.0 Å². The zero-order valence-electron chi connectivity index (χ0n) is 14.1. The molecule has 22 heavy (non-hydrogen) atoms. The lowest BCUT2D eigenvalue weighted by molar-refractivity contribution is 0.300. The van der Waals surface area contributed by atoms with Crippen LogP contribution in [0.25, 0.3) is 0 Å². The average molecular weight is 328 g/mol. The molecular weight excluding hydrogens is 300 g/mol. The van der Waals surface area contributed by atoms with Gasteiger partial charge in [0.25, 0.3) is 0 Å². The molecule has 1 saturated heterocycles. The van der Waals surface area contributed by atoms with Crippen LogP contribution in [0.1, 0.15) is 64.7 Å². The zero-order chi connectivity index (χ0) is 16.3. The van der Waals surface area contributed by atoms with E-state index < -0.39 is 10.0 Å². The Kier molecular flexibility index (Phi) is 5.60. The fourth-order valence-electron chi connectivity index (χ4n) is 2.93. The molecule has 1 aliphatic heterocycles. The summed E-state index contributed by atoms with van der Waals surface area (Å²) in [4.78, 5) is 0. The third-order valence-corrected chi connectivity index (χ3v) is 6.60. The lowest BCUT2D eigenvalue weighted by atomic mass is 9.98. The van der Waals surface area contributed by atoms with E-state index in [9.17, 15) is 8.42 Å². The van der Waals surface area contributed by atoms with E-state index in [2.05, 4.69) is 28.6 Å². The van der Waals surface area contributed by atoms with Crippen molar-refractivity contribution >= 4 is 10.0 Å². The predicted octanol–water partition coefficient (Wildman–Crippen LogP) is 2.41. The van der Waals surface area contributed by atoms with Crippen LogP contribution in [-0.2, 0) is 10.0 Å². The van der Waals surface area contributed by atoms with Crippen molar-refractivity contribution in [1.29, 1.82) is 0 Å². The molecule has 1 aliphatic rings. The highest BCUT2D eigenvalue weighted by Crippen LogP contribution is 2.29. The Morgan fingerprint density at radius 3 is 2.73 bits per heavy atom. The third kappa shape index (κ3) is 3.87. The summed E-state index contributed by atoms with van der Waals surface area (Å²) in [5.41, 5.74) is 0. The summed E-state index contributed by atoms with van der Waals surface area (Å²) in [7, 11) is -3.18. The van der Waals surface area contributed by atoms with Gasteiger partial charge in [0.05, 0.1) is 5.75 Å². The number of sulfonamides is 1. The van der Waals surface area contributed by atoms with Crippen molar-refractivity contribution in [3.05, 3.63) is 12.2 Å². The second kappa shape index (κ2) is 7.08. The number of piperidine rings is 1. The molecule has 0 spiro atoms. The molecule has 2 rings (SSSR count). The molecular formula is C15H28N4O2S. The first-order chi connectivity index (χ1) is 10.3. The zero-order valence-corrected chi connectivity index (χ0v) is 14.9. The number of nitrogens with zero attached hydrogens (tertiary/aromatic N) is 4. The van der Waals surface area contributed by atoms with E-state index in [1.165, 1.54) is 0 Å². The first kappa shape index (κ1) is 17.4. The SMILES string of the molecule is CC[C@H](C)CS(=O)(=O)N1CCC[C@H](c2nncn2C(C)C)C1. The molecule has 0 amide bonds. The second-order valence-corrected chi connectivity index (χ2v) is 8.69. The Labute approximate surface area is 134 Å². The summed E-state index contributed by atoms with van der Waals surface area (Å²) in [6.45, 7) is 9.37. The Bertz CT molecular complexity index is 582. The summed E-state index contributed by atoms with van der Waals surface area (Å²) in [5.74, 6) is 1.50. The largest absolute Gasteiger partial charge is 0.315 e. The first-order valence-corrected chi connectivity index (χ1v) is 9.83. The monoisotopic (exact) mass is 328 g/mol. The molecule has 1 aromatic heterocycles. The van der Waals surface area contributed by atoms with Gasteiger partial charge in [0.1, 0.15) is 12.2 Å². The standard InChI is InChI=1S/C15H28N4O2S/c1-5-13(4)10-22(20,21)18-8-6-7-14(9-18)15-17-16-11-19(15)12(2)3/h11-14H,5-10H2,1-4H3/t13-,14-/m0/s1. The van der Waals surface area contributed by atoms with Gasteiger partial charge in [-0.3, -0.25) is 0 Å². The van der Waals surface area contributed by atoms with Crippen LogP contribution in [0, 0.1) is 5.92 Å². The summed E-state index contributed by atoms with van der Waals surface area (Å²) in [6, 6.07) is 0.289. The van der Waals surface area contributed by atoms with Crippen LogP contribution in [0.5, 0.6) is 0 Å². The van der Waals surface area contributed by atoms with Gasteiger partial charge in [-0.2, -0.15) is 0 Å². The van der Waals surface area contributed by atoms with Crippen molar-refractivity contribution in [3.8, 4) is 0 Å². The first-order valence-electron chi connectivity index (χ1n) is 8.22. The molecule has 7 heteroatoms. The van der Waals surface area contributed by atoms with E-state index in [1.54, 1.807) is 10.6 Å². The van der Waals surface area contributed by atoms with Crippen molar-refractivity contribution in [2.45, 2.75) is 58.9 Å². The lowest BCUT2D eigenvalue weighted by Crippen LogP contribution is -2.41. The molecule has 0 aliphatic carbocycles. The molecule has 0 saturated carbocycles. The Morgan fingerprint density at radius 1 is 1.36 bits per heavy atom. The van der Waals surface area contributed by atoms with E-state index in [-0.39, 0.29) is 23.6 Å². The predicted molar refractivity (Wildman–Crippen MR) is 87.2 cm³/mol. The summed E-state index contributed by atoms with van der Waals surface area (Å²) in [5, 5.41) is 8.26. The van der Waals surface area contributed by atoms with Crippen molar-refractivity contribution in [2.75, 3.05) is 18.8 Å². The van der Waals surface area contributed by atoms with Gasteiger partial charge in [-0.05, 0) is 32.6 Å². The molecule has 6 nitrogen and oxygen atoms in total. The van der Waals surface area contributed by atoms with Gasteiger partial charge >= 0.3 is 0 Å². The molecule has 0 N–H and O–H groups in total. The third-order valence-electron chi connectivity index (χ3n) is 4.49. The minimum atomic E-state index is -3.18. The van der Waals surface area contributed by atoms with Crippen LogP contribution in [0.15, 0.2) is 6.33 Å². The van der Waals surface area contributed by atoms with Crippen molar-refractivity contribution in [1.82, 2.24) is 19.1 Å². The van der Waals surface area contributed by atoms with Crippen LogP contribution in [0.4, 0.5) is 0 Å².